The number of nitrogens with one attached hydrogen (secondary N) is 2. The smallest absolute Gasteiger partial charge is 0.0486 e. The van der Waals surface area contributed by atoms with Crippen molar-refractivity contribution in [1.82, 2.24) is 9.97 Å². The summed E-state index contributed by atoms with van der Waals surface area (Å²) in [5, 5.41) is 2.60. The molecule has 0 radical (unpaired) electrons. The SMILES string of the molecule is Cc1ccc(C(c2c[nH]c3c(C)cccc23)c2c[nH]c3c(C)cccc23)cc1. The van der Waals surface area contributed by atoms with Gasteiger partial charge < -0.3 is 9.97 Å². The zero-order chi connectivity index (χ0) is 19.3. The summed E-state index contributed by atoms with van der Waals surface area (Å²) in [5.74, 6) is 0.173. The first-order valence-corrected chi connectivity index (χ1v) is 9.83. The van der Waals surface area contributed by atoms with Gasteiger partial charge in [0.25, 0.3) is 0 Å². The van der Waals surface area contributed by atoms with Crippen LogP contribution in [0.1, 0.15) is 39.3 Å². The van der Waals surface area contributed by atoms with E-state index in [1.807, 2.05) is 0 Å². The topological polar surface area (TPSA) is 31.6 Å². The Morgan fingerprint density at radius 1 is 0.607 bits per heavy atom. The van der Waals surface area contributed by atoms with Gasteiger partial charge in [-0.25, -0.2) is 0 Å². The molecule has 0 saturated carbocycles. The highest BCUT2D eigenvalue weighted by atomic mass is 14.7. The first kappa shape index (κ1) is 16.9. The van der Waals surface area contributed by atoms with Crippen molar-refractivity contribution in [3.05, 3.63) is 106 Å². The summed E-state index contributed by atoms with van der Waals surface area (Å²) in [6.07, 6.45) is 4.38. The quantitative estimate of drug-likeness (QED) is 0.355. The molecule has 0 aliphatic heterocycles. The maximum Gasteiger partial charge on any atom is 0.0486 e. The predicted molar refractivity (Wildman–Crippen MR) is 118 cm³/mol. The molecule has 0 bridgehead atoms. The Balaban J connectivity index is 1.81. The lowest BCUT2D eigenvalue weighted by Crippen LogP contribution is -2.02. The highest BCUT2D eigenvalue weighted by Crippen LogP contribution is 2.40. The monoisotopic (exact) mass is 364 g/mol. The van der Waals surface area contributed by atoms with E-state index < -0.39 is 0 Å². The molecule has 2 heterocycles. The van der Waals surface area contributed by atoms with Gasteiger partial charge in [0.2, 0.25) is 0 Å². The van der Waals surface area contributed by atoms with Crippen molar-refractivity contribution in [3.8, 4) is 0 Å². The number of aryl methyl sites for hydroxylation is 3. The van der Waals surface area contributed by atoms with Gasteiger partial charge in [-0.2, -0.15) is 0 Å². The van der Waals surface area contributed by atoms with Crippen LogP contribution in [0.15, 0.2) is 73.1 Å². The van der Waals surface area contributed by atoms with Crippen LogP contribution in [0.2, 0.25) is 0 Å². The zero-order valence-electron chi connectivity index (χ0n) is 16.5. The maximum atomic E-state index is 3.53. The number of aromatic nitrogens is 2. The molecule has 2 N–H and O–H groups in total. The van der Waals surface area contributed by atoms with Crippen LogP contribution in [0.5, 0.6) is 0 Å². The summed E-state index contributed by atoms with van der Waals surface area (Å²) >= 11 is 0. The van der Waals surface area contributed by atoms with E-state index >= 15 is 0 Å². The minimum atomic E-state index is 0.173. The first-order chi connectivity index (χ1) is 13.6. The van der Waals surface area contributed by atoms with E-state index in [4.69, 9.17) is 0 Å². The van der Waals surface area contributed by atoms with Gasteiger partial charge in [0.05, 0.1) is 0 Å². The molecule has 2 nitrogen and oxygen atoms in total. The minimum Gasteiger partial charge on any atom is -0.361 e. The lowest BCUT2D eigenvalue weighted by Gasteiger charge is -2.18. The van der Waals surface area contributed by atoms with Crippen LogP contribution in [-0.4, -0.2) is 9.97 Å². The summed E-state index contributed by atoms with van der Waals surface area (Å²) < 4.78 is 0. The summed E-state index contributed by atoms with van der Waals surface area (Å²) in [6.45, 7) is 6.47. The molecular weight excluding hydrogens is 340 g/mol. The van der Waals surface area contributed by atoms with E-state index in [9.17, 15) is 0 Å². The van der Waals surface area contributed by atoms with Crippen molar-refractivity contribution in [1.29, 1.82) is 0 Å². The molecule has 0 fully saturated rings. The Kier molecular flexibility index (Phi) is 3.87. The van der Waals surface area contributed by atoms with Crippen LogP contribution in [0.4, 0.5) is 0 Å². The third kappa shape index (κ3) is 2.56. The van der Waals surface area contributed by atoms with Crippen molar-refractivity contribution >= 4 is 21.8 Å². The number of aromatic amines is 2. The normalized spacial score (nSPS) is 11.7. The largest absolute Gasteiger partial charge is 0.361 e. The van der Waals surface area contributed by atoms with Gasteiger partial charge in [-0.05, 0) is 48.6 Å². The van der Waals surface area contributed by atoms with Gasteiger partial charge >= 0.3 is 0 Å². The number of fused-ring (bicyclic) bond motifs is 2. The van der Waals surface area contributed by atoms with Crippen molar-refractivity contribution in [2.24, 2.45) is 0 Å². The van der Waals surface area contributed by atoms with Crippen molar-refractivity contribution in [2.75, 3.05) is 0 Å². The Morgan fingerprint density at radius 3 is 1.61 bits per heavy atom. The second-order valence-corrected chi connectivity index (χ2v) is 7.83. The van der Waals surface area contributed by atoms with E-state index in [-0.39, 0.29) is 5.92 Å². The Morgan fingerprint density at radius 2 is 1.11 bits per heavy atom. The van der Waals surface area contributed by atoms with Crippen LogP contribution in [0.3, 0.4) is 0 Å². The lowest BCUT2D eigenvalue weighted by molar-refractivity contribution is 0.996. The maximum absolute atomic E-state index is 3.53. The van der Waals surface area contributed by atoms with Gasteiger partial charge in [-0.1, -0.05) is 66.2 Å². The number of H-pyrrole nitrogens is 2. The second kappa shape index (κ2) is 6.42. The summed E-state index contributed by atoms with van der Waals surface area (Å²) in [7, 11) is 0. The fourth-order valence-corrected chi connectivity index (χ4v) is 4.42. The molecule has 28 heavy (non-hydrogen) atoms. The van der Waals surface area contributed by atoms with Crippen LogP contribution >= 0.6 is 0 Å². The minimum absolute atomic E-state index is 0.173. The number of benzene rings is 3. The summed E-state index contributed by atoms with van der Waals surface area (Å²) in [4.78, 5) is 7.06. The molecule has 0 atom stereocenters. The molecule has 0 spiro atoms. The molecule has 5 rings (SSSR count). The average molecular weight is 364 g/mol. The van der Waals surface area contributed by atoms with E-state index in [0.717, 1.165) is 0 Å². The Labute approximate surface area is 165 Å². The van der Waals surface area contributed by atoms with E-state index in [1.54, 1.807) is 0 Å². The first-order valence-electron chi connectivity index (χ1n) is 9.83. The number of rotatable bonds is 3. The molecule has 2 heteroatoms. The van der Waals surface area contributed by atoms with Gasteiger partial charge in [0.15, 0.2) is 0 Å². The number of hydrogen-bond donors (Lipinski definition) is 2. The van der Waals surface area contributed by atoms with E-state index in [1.165, 1.54) is 55.2 Å². The number of para-hydroxylation sites is 2. The molecule has 5 aromatic rings. The molecule has 0 amide bonds. The van der Waals surface area contributed by atoms with E-state index in [0.29, 0.717) is 0 Å². The fraction of sp³-hybridized carbons (Fsp3) is 0.154. The molecule has 0 aliphatic carbocycles. The van der Waals surface area contributed by atoms with Gasteiger partial charge in [0, 0.05) is 40.1 Å². The van der Waals surface area contributed by atoms with E-state index in [2.05, 4.69) is 104 Å². The molecular formula is C26H24N2. The van der Waals surface area contributed by atoms with Gasteiger partial charge in [0.1, 0.15) is 0 Å². The van der Waals surface area contributed by atoms with Crippen LogP contribution in [0.25, 0.3) is 21.8 Å². The fourth-order valence-electron chi connectivity index (χ4n) is 4.42. The van der Waals surface area contributed by atoms with Crippen LogP contribution in [0, 0.1) is 20.8 Å². The van der Waals surface area contributed by atoms with Crippen molar-refractivity contribution in [2.45, 2.75) is 26.7 Å². The van der Waals surface area contributed by atoms with Crippen LogP contribution in [-0.2, 0) is 0 Å². The predicted octanol–water partition coefficient (Wildman–Crippen LogP) is 6.75. The molecule has 138 valence electrons. The van der Waals surface area contributed by atoms with Crippen molar-refractivity contribution in [3.63, 3.8) is 0 Å². The molecule has 0 saturated heterocycles. The second-order valence-electron chi connectivity index (χ2n) is 7.83. The Hall–Kier alpha value is -3.26. The lowest BCUT2D eigenvalue weighted by atomic mass is 9.84. The standard InChI is InChI=1S/C26H24N2/c1-16-10-12-19(13-11-16)24(22-14-27-25-17(2)6-4-8-20(22)25)23-15-28-26-18(3)7-5-9-21(23)26/h4-15,24,27-28H,1-3H3. The molecule has 0 aliphatic rings. The third-order valence-electron chi connectivity index (χ3n) is 5.94. The molecule has 3 aromatic carbocycles. The van der Waals surface area contributed by atoms with Crippen LogP contribution < -0.4 is 0 Å². The van der Waals surface area contributed by atoms with Crippen molar-refractivity contribution < 1.29 is 0 Å². The highest BCUT2D eigenvalue weighted by Gasteiger charge is 2.23. The zero-order valence-corrected chi connectivity index (χ0v) is 16.5. The molecule has 2 aromatic heterocycles. The highest BCUT2D eigenvalue weighted by molar-refractivity contribution is 5.91. The number of hydrogen-bond acceptors (Lipinski definition) is 0. The summed E-state index contributed by atoms with van der Waals surface area (Å²) in [6, 6.07) is 22.1. The molecule has 0 unspecified atom stereocenters. The van der Waals surface area contributed by atoms with Gasteiger partial charge in [-0.3, -0.25) is 0 Å². The average Bonchev–Trinajstić information content (AvgIpc) is 3.31. The van der Waals surface area contributed by atoms with Gasteiger partial charge in [-0.15, -0.1) is 0 Å². The third-order valence-corrected chi connectivity index (χ3v) is 5.94. The summed E-state index contributed by atoms with van der Waals surface area (Å²) in [5.41, 5.74) is 10.3. The Bertz CT molecular complexity index is 1210.